The van der Waals surface area contributed by atoms with Crippen molar-refractivity contribution < 1.29 is 13.6 Å². The van der Waals surface area contributed by atoms with E-state index in [-0.39, 0.29) is 23.1 Å². The first-order chi connectivity index (χ1) is 18.1. The predicted molar refractivity (Wildman–Crippen MR) is 144 cm³/mol. The van der Waals surface area contributed by atoms with Crippen LogP contribution in [0.4, 0.5) is 13.9 Å². The van der Waals surface area contributed by atoms with Gasteiger partial charge in [0.1, 0.15) is 11.3 Å². The maximum atomic E-state index is 14.5. The molecule has 0 bridgehead atoms. The van der Waals surface area contributed by atoms with Gasteiger partial charge in [0.05, 0.1) is 28.0 Å². The molecule has 0 atom stereocenters. The standard InChI is InChI=1S/C30H19F2N3OS/c31-21-15-24(32)28-27(16-21)37-30(34-28)35(18-19-9-3-1-4-10-19)29(36)23-17-26(20-11-5-2-6-12-20)33-25-14-8-7-13-22(23)25/h1-17H,18H2. The van der Waals surface area contributed by atoms with Gasteiger partial charge in [-0.05, 0) is 23.8 Å². The van der Waals surface area contributed by atoms with Gasteiger partial charge in [-0.25, -0.2) is 18.7 Å². The predicted octanol–water partition coefficient (Wildman–Crippen LogP) is 7.64. The van der Waals surface area contributed by atoms with Gasteiger partial charge in [0, 0.05) is 17.0 Å². The van der Waals surface area contributed by atoms with Crippen molar-refractivity contribution in [3.05, 3.63) is 126 Å². The quantitative estimate of drug-likeness (QED) is 0.241. The molecule has 0 saturated heterocycles. The molecule has 0 N–H and O–H groups in total. The first-order valence-electron chi connectivity index (χ1n) is 11.6. The van der Waals surface area contributed by atoms with E-state index in [1.807, 2.05) is 84.9 Å². The van der Waals surface area contributed by atoms with E-state index in [0.717, 1.165) is 28.5 Å². The first-order valence-corrected chi connectivity index (χ1v) is 12.4. The largest absolute Gasteiger partial charge is 0.279 e. The molecule has 0 unspecified atom stereocenters. The fourth-order valence-corrected chi connectivity index (χ4v) is 5.31. The van der Waals surface area contributed by atoms with E-state index in [9.17, 15) is 13.6 Å². The maximum absolute atomic E-state index is 14.5. The van der Waals surface area contributed by atoms with E-state index in [4.69, 9.17) is 4.98 Å². The van der Waals surface area contributed by atoms with Crippen LogP contribution in [0.3, 0.4) is 0 Å². The third kappa shape index (κ3) is 4.45. The van der Waals surface area contributed by atoms with Gasteiger partial charge in [-0.2, -0.15) is 0 Å². The minimum atomic E-state index is -0.759. The molecule has 0 saturated carbocycles. The zero-order valence-electron chi connectivity index (χ0n) is 19.4. The second-order valence-corrected chi connectivity index (χ2v) is 9.56. The van der Waals surface area contributed by atoms with Crippen molar-refractivity contribution in [1.82, 2.24) is 9.97 Å². The SMILES string of the molecule is O=C(c1cc(-c2ccccc2)nc2ccccc12)N(Cc1ccccc1)c1nc2c(F)cc(F)cc2s1. The number of carbonyl (C=O) groups excluding carboxylic acids is 1. The summed E-state index contributed by atoms with van der Waals surface area (Å²) in [6.07, 6.45) is 0. The van der Waals surface area contributed by atoms with Crippen LogP contribution in [0.2, 0.25) is 0 Å². The summed E-state index contributed by atoms with van der Waals surface area (Å²) in [6, 6.07) is 30.4. The number of fused-ring (bicyclic) bond motifs is 2. The number of halogens is 2. The van der Waals surface area contributed by atoms with Crippen molar-refractivity contribution in [2.45, 2.75) is 6.54 Å². The molecule has 180 valence electrons. The minimum absolute atomic E-state index is 0.0387. The molecule has 37 heavy (non-hydrogen) atoms. The molecule has 0 aliphatic rings. The fraction of sp³-hybridized carbons (Fsp3) is 0.0333. The molecule has 0 aliphatic heterocycles. The molecular weight excluding hydrogens is 488 g/mol. The Balaban J connectivity index is 1.53. The Morgan fingerprint density at radius 2 is 1.51 bits per heavy atom. The van der Waals surface area contributed by atoms with Crippen molar-refractivity contribution in [3.8, 4) is 11.3 Å². The number of rotatable bonds is 5. The second kappa shape index (κ2) is 9.52. The molecule has 0 aliphatic carbocycles. The number of nitrogens with zero attached hydrogens (tertiary/aromatic N) is 3. The Bertz CT molecular complexity index is 1750. The average molecular weight is 508 g/mol. The van der Waals surface area contributed by atoms with E-state index < -0.39 is 11.6 Å². The number of hydrogen-bond donors (Lipinski definition) is 0. The second-order valence-electron chi connectivity index (χ2n) is 8.55. The summed E-state index contributed by atoms with van der Waals surface area (Å²) in [7, 11) is 0. The zero-order valence-corrected chi connectivity index (χ0v) is 20.3. The highest BCUT2D eigenvalue weighted by Crippen LogP contribution is 2.34. The molecule has 4 nitrogen and oxygen atoms in total. The highest BCUT2D eigenvalue weighted by atomic mass is 32.1. The Hall–Kier alpha value is -4.49. The van der Waals surface area contributed by atoms with Gasteiger partial charge < -0.3 is 0 Å². The van der Waals surface area contributed by atoms with Crippen LogP contribution in [0.5, 0.6) is 0 Å². The minimum Gasteiger partial charge on any atom is -0.279 e. The summed E-state index contributed by atoms with van der Waals surface area (Å²) in [5.74, 6) is -1.75. The van der Waals surface area contributed by atoms with E-state index in [1.165, 1.54) is 11.0 Å². The molecule has 0 radical (unpaired) electrons. The van der Waals surface area contributed by atoms with Gasteiger partial charge >= 0.3 is 0 Å². The molecule has 4 aromatic carbocycles. The molecule has 0 fully saturated rings. The summed E-state index contributed by atoms with van der Waals surface area (Å²) in [5.41, 5.74) is 3.60. The van der Waals surface area contributed by atoms with Crippen molar-refractivity contribution in [2.24, 2.45) is 0 Å². The van der Waals surface area contributed by atoms with Gasteiger partial charge in [-0.1, -0.05) is 90.2 Å². The summed E-state index contributed by atoms with van der Waals surface area (Å²) >= 11 is 1.08. The van der Waals surface area contributed by atoms with Gasteiger partial charge in [-0.15, -0.1) is 0 Å². The number of benzene rings is 4. The molecular formula is C30H19F2N3OS. The van der Waals surface area contributed by atoms with Crippen LogP contribution in [0.1, 0.15) is 15.9 Å². The lowest BCUT2D eigenvalue weighted by atomic mass is 10.0. The lowest BCUT2D eigenvalue weighted by Gasteiger charge is -2.21. The van der Waals surface area contributed by atoms with Crippen LogP contribution in [0, 0.1) is 11.6 Å². The summed E-state index contributed by atoms with van der Waals surface area (Å²) in [6.45, 7) is 0.209. The highest BCUT2D eigenvalue weighted by molar-refractivity contribution is 7.22. The summed E-state index contributed by atoms with van der Waals surface area (Å²) in [4.78, 5) is 25.0. The number of hydrogen-bond acceptors (Lipinski definition) is 4. The normalized spacial score (nSPS) is 11.2. The fourth-order valence-electron chi connectivity index (χ4n) is 4.31. The van der Waals surface area contributed by atoms with E-state index in [1.54, 1.807) is 6.07 Å². The van der Waals surface area contributed by atoms with Crippen LogP contribution in [0.25, 0.3) is 32.4 Å². The number of thiazole rings is 1. The highest BCUT2D eigenvalue weighted by Gasteiger charge is 2.25. The molecule has 0 spiro atoms. The molecule has 2 heterocycles. The number of aromatic nitrogens is 2. The van der Waals surface area contributed by atoms with E-state index in [2.05, 4.69) is 4.98 Å². The van der Waals surface area contributed by atoms with Crippen LogP contribution in [-0.2, 0) is 6.54 Å². The van der Waals surface area contributed by atoms with Gasteiger partial charge in [-0.3, -0.25) is 9.69 Å². The van der Waals surface area contributed by atoms with Crippen molar-refractivity contribution >= 4 is 43.5 Å². The zero-order chi connectivity index (χ0) is 25.4. The third-order valence-corrected chi connectivity index (χ3v) is 7.10. The van der Waals surface area contributed by atoms with E-state index in [0.29, 0.717) is 26.9 Å². The van der Waals surface area contributed by atoms with E-state index >= 15 is 0 Å². The van der Waals surface area contributed by atoms with Crippen LogP contribution < -0.4 is 4.90 Å². The number of carbonyl (C=O) groups is 1. The number of anilines is 1. The van der Waals surface area contributed by atoms with Gasteiger partial charge in [0.25, 0.3) is 5.91 Å². The number of pyridine rings is 1. The molecule has 7 heteroatoms. The smallest absolute Gasteiger partial charge is 0.261 e. The van der Waals surface area contributed by atoms with Crippen LogP contribution in [-0.4, -0.2) is 15.9 Å². The lowest BCUT2D eigenvalue weighted by Crippen LogP contribution is -2.30. The Labute approximate surface area is 215 Å². The Morgan fingerprint density at radius 3 is 2.30 bits per heavy atom. The van der Waals surface area contributed by atoms with Crippen LogP contribution >= 0.6 is 11.3 Å². The number of para-hydroxylation sites is 1. The van der Waals surface area contributed by atoms with Gasteiger partial charge in [0.2, 0.25) is 0 Å². The topological polar surface area (TPSA) is 46.1 Å². The molecule has 6 rings (SSSR count). The first kappa shape index (κ1) is 22.9. The van der Waals surface area contributed by atoms with Crippen molar-refractivity contribution in [2.75, 3.05) is 4.90 Å². The summed E-state index contributed by atoms with van der Waals surface area (Å²) < 4.78 is 28.8. The summed E-state index contributed by atoms with van der Waals surface area (Å²) in [5, 5.41) is 0.985. The Kier molecular flexibility index (Phi) is 5.90. The molecule has 6 aromatic rings. The molecule has 1 amide bonds. The average Bonchev–Trinajstić information content (AvgIpc) is 3.36. The monoisotopic (exact) mass is 507 g/mol. The molecule has 2 aromatic heterocycles. The Morgan fingerprint density at radius 1 is 0.811 bits per heavy atom. The van der Waals surface area contributed by atoms with Crippen LogP contribution in [0.15, 0.2) is 103 Å². The number of amides is 1. The van der Waals surface area contributed by atoms with Crippen molar-refractivity contribution in [1.29, 1.82) is 0 Å². The van der Waals surface area contributed by atoms with Crippen molar-refractivity contribution in [3.63, 3.8) is 0 Å². The third-order valence-electron chi connectivity index (χ3n) is 6.08. The lowest BCUT2D eigenvalue weighted by molar-refractivity contribution is 0.0986. The maximum Gasteiger partial charge on any atom is 0.261 e. The van der Waals surface area contributed by atoms with Gasteiger partial charge in [0.15, 0.2) is 10.9 Å².